The fourth-order valence-corrected chi connectivity index (χ4v) is 3.97. The van der Waals surface area contributed by atoms with Gasteiger partial charge in [-0.3, -0.25) is 4.79 Å². The summed E-state index contributed by atoms with van der Waals surface area (Å²) >= 11 is 12.2. The minimum Gasteiger partial charge on any atom is -0.507 e. The Balaban J connectivity index is 1.60. The molecule has 3 N–H and O–H groups in total. The van der Waals surface area contributed by atoms with Crippen LogP contribution in [0, 0.1) is 0 Å². The highest BCUT2D eigenvalue weighted by molar-refractivity contribution is 6.40. The number of anilines is 1. The molecule has 7 nitrogen and oxygen atoms in total. The van der Waals surface area contributed by atoms with Crippen LogP contribution in [0.25, 0.3) is 11.3 Å². The van der Waals surface area contributed by atoms with E-state index in [1.165, 1.54) is 10.7 Å². The molecule has 1 saturated carbocycles. The Kier molecular flexibility index (Phi) is 6.13. The molecule has 0 saturated heterocycles. The first-order chi connectivity index (χ1) is 15.2. The number of nitrogens with one attached hydrogen (secondary N) is 2. The zero-order valence-electron chi connectivity index (χ0n) is 17.5. The molecule has 2 amide bonds. The lowest BCUT2D eigenvalue weighted by Crippen LogP contribution is -2.35. The molecule has 166 valence electrons. The summed E-state index contributed by atoms with van der Waals surface area (Å²) in [5.74, 6) is -0.280. The molecule has 0 atom stereocenters. The molecule has 1 fully saturated rings. The van der Waals surface area contributed by atoms with Gasteiger partial charge in [0.15, 0.2) is 0 Å². The van der Waals surface area contributed by atoms with Crippen molar-refractivity contribution in [3.8, 4) is 17.0 Å². The highest BCUT2D eigenvalue weighted by Gasteiger charge is 2.31. The Morgan fingerprint density at radius 3 is 2.41 bits per heavy atom. The van der Waals surface area contributed by atoms with Gasteiger partial charge in [0.25, 0.3) is 5.91 Å². The number of nitrogens with zero attached hydrogens (tertiary/aromatic N) is 2. The van der Waals surface area contributed by atoms with E-state index >= 15 is 0 Å². The average Bonchev–Trinajstić information content (AvgIpc) is 3.46. The quantitative estimate of drug-likeness (QED) is 0.446. The van der Waals surface area contributed by atoms with E-state index in [2.05, 4.69) is 15.7 Å². The van der Waals surface area contributed by atoms with Gasteiger partial charge in [0, 0.05) is 29.3 Å². The fraction of sp³-hybridized carbons (Fsp3) is 0.261. The number of hydrogen-bond acceptors (Lipinski definition) is 4. The summed E-state index contributed by atoms with van der Waals surface area (Å²) in [5.41, 5.74) is 2.28. The van der Waals surface area contributed by atoms with Crippen LogP contribution in [0.5, 0.6) is 5.75 Å². The van der Waals surface area contributed by atoms with Crippen molar-refractivity contribution in [2.75, 3.05) is 5.32 Å². The zero-order chi connectivity index (χ0) is 23.0. The standard InChI is InChI=1S/C23H22Cl2N4O3/c1-12(2)26-23(32)29-19(13-6-7-13)11-18(28-29)15-9-8-14(10-20(15)30)27-22(31)21-16(24)4-3-5-17(21)25/h3-5,8-13,30H,6-7H2,1-2H3,(H,26,32)(H,27,31). The van der Waals surface area contributed by atoms with Crippen molar-refractivity contribution >= 4 is 40.8 Å². The molecule has 0 unspecified atom stereocenters. The van der Waals surface area contributed by atoms with Crippen molar-refractivity contribution in [3.05, 3.63) is 63.8 Å². The Hall–Kier alpha value is -3.03. The highest BCUT2D eigenvalue weighted by atomic mass is 35.5. The molecule has 0 aliphatic heterocycles. The summed E-state index contributed by atoms with van der Waals surface area (Å²) in [4.78, 5) is 25.2. The van der Waals surface area contributed by atoms with Gasteiger partial charge < -0.3 is 15.7 Å². The minimum absolute atomic E-state index is 0.0230. The summed E-state index contributed by atoms with van der Waals surface area (Å²) < 4.78 is 1.38. The van der Waals surface area contributed by atoms with Crippen LogP contribution in [0.1, 0.15) is 48.7 Å². The smallest absolute Gasteiger partial charge is 0.342 e. The maximum atomic E-state index is 12.6. The molecule has 0 bridgehead atoms. The van der Waals surface area contributed by atoms with Gasteiger partial charge in [0.2, 0.25) is 0 Å². The first kappa shape index (κ1) is 22.2. The number of carbonyl (C=O) groups excluding carboxylic acids is 2. The molecule has 4 rings (SSSR count). The minimum atomic E-state index is -0.488. The van der Waals surface area contributed by atoms with Gasteiger partial charge in [0.1, 0.15) is 5.75 Å². The van der Waals surface area contributed by atoms with E-state index in [-0.39, 0.29) is 39.3 Å². The first-order valence-electron chi connectivity index (χ1n) is 10.2. The molecule has 3 aromatic rings. The van der Waals surface area contributed by atoms with Crippen molar-refractivity contribution in [1.29, 1.82) is 0 Å². The predicted octanol–water partition coefficient (Wildman–Crippen LogP) is 5.66. The van der Waals surface area contributed by atoms with Crippen LogP contribution in [-0.2, 0) is 0 Å². The van der Waals surface area contributed by atoms with Crippen LogP contribution in [0.4, 0.5) is 10.5 Å². The van der Waals surface area contributed by atoms with Crippen molar-refractivity contribution in [3.63, 3.8) is 0 Å². The van der Waals surface area contributed by atoms with Gasteiger partial charge in [-0.2, -0.15) is 9.78 Å². The van der Waals surface area contributed by atoms with E-state index in [1.807, 2.05) is 19.9 Å². The van der Waals surface area contributed by atoms with Crippen LogP contribution in [0.3, 0.4) is 0 Å². The molecule has 0 radical (unpaired) electrons. The third-order valence-corrected chi connectivity index (χ3v) is 5.69. The molecule has 32 heavy (non-hydrogen) atoms. The Labute approximate surface area is 195 Å². The normalized spacial score (nSPS) is 13.3. The van der Waals surface area contributed by atoms with E-state index in [4.69, 9.17) is 23.2 Å². The van der Waals surface area contributed by atoms with Gasteiger partial charge in [-0.15, -0.1) is 0 Å². The lowest BCUT2D eigenvalue weighted by molar-refractivity contribution is 0.102. The number of rotatable bonds is 5. The Morgan fingerprint density at radius 1 is 1.12 bits per heavy atom. The monoisotopic (exact) mass is 472 g/mol. The lowest BCUT2D eigenvalue weighted by Gasteiger charge is -2.10. The molecular formula is C23H22Cl2N4O3. The number of hydrogen-bond donors (Lipinski definition) is 3. The van der Waals surface area contributed by atoms with Crippen LogP contribution in [-0.4, -0.2) is 32.9 Å². The number of carbonyl (C=O) groups is 2. The Morgan fingerprint density at radius 2 is 1.81 bits per heavy atom. The summed E-state index contributed by atoms with van der Waals surface area (Å²) in [6.07, 6.45) is 2.00. The van der Waals surface area contributed by atoms with Crippen LogP contribution in [0.15, 0.2) is 42.5 Å². The van der Waals surface area contributed by atoms with Crippen LogP contribution >= 0.6 is 23.2 Å². The second-order valence-electron chi connectivity index (χ2n) is 8.03. The molecular weight excluding hydrogens is 451 g/mol. The van der Waals surface area contributed by atoms with Gasteiger partial charge in [-0.25, -0.2) is 4.79 Å². The van der Waals surface area contributed by atoms with Gasteiger partial charge >= 0.3 is 6.03 Å². The third-order valence-electron chi connectivity index (χ3n) is 5.06. The summed E-state index contributed by atoms with van der Waals surface area (Å²) in [6, 6.07) is 11.0. The van der Waals surface area contributed by atoms with Crippen molar-refractivity contribution < 1.29 is 14.7 Å². The maximum absolute atomic E-state index is 12.6. The number of phenols is 1. The molecule has 1 heterocycles. The van der Waals surface area contributed by atoms with Crippen molar-refractivity contribution in [1.82, 2.24) is 15.1 Å². The topological polar surface area (TPSA) is 96.3 Å². The number of amides is 2. The number of aromatic hydroxyl groups is 1. The van der Waals surface area contributed by atoms with E-state index < -0.39 is 5.91 Å². The fourth-order valence-electron chi connectivity index (χ4n) is 3.40. The van der Waals surface area contributed by atoms with E-state index in [9.17, 15) is 14.7 Å². The highest BCUT2D eigenvalue weighted by Crippen LogP contribution is 2.42. The van der Waals surface area contributed by atoms with E-state index in [0.717, 1.165) is 18.5 Å². The number of halogens is 2. The molecule has 1 aliphatic carbocycles. The largest absolute Gasteiger partial charge is 0.507 e. The van der Waals surface area contributed by atoms with Crippen molar-refractivity contribution in [2.45, 2.75) is 38.6 Å². The van der Waals surface area contributed by atoms with E-state index in [0.29, 0.717) is 16.9 Å². The average molecular weight is 473 g/mol. The van der Waals surface area contributed by atoms with Gasteiger partial charge in [0.05, 0.1) is 27.0 Å². The summed E-state index contributed by atoms with van der Waals surface area (Å²) in [7, 11) is 0. The predicted molar refractivity (Wildman–Crippen MR) is 125 cm³/mol. The molecule has 9 heteroatoms. The number of phenolic OH excluding ortho intramolecular Hbond substituents is 1. The molecule has 1 aliphatic rings. The summed E-state index contributed by atoms with van der Waals surface area (Å²) in [6.45, 7) is 3.77. The van der Waals surface area contributed by atoms with E-state index in [1.54, 1.807) is 30.3 Å². The van der Waals surface area contributed by atoms with Crippen molar-refractivity contribution in [2.24, 2.45) is 0 Å². The maximum Gasteiger partial charge on any atom is 0.342 e. The van der Waals surface area contributed by atoms with Gasteiger partial charge in [-0.05, 0) is 57.0 Å². The molecule has 2 aromatic carbocycles. The second-order valence-corrected chi connectivity index (χ2v) is 8.84. The summed E-state index contributed by atoms with van der Waals surface area (Å²) in [5, 5.41) is 21.1. The number of aromatic nitrogens is 2. The molecule has 1 aromatic heterocycles. The lowest BCUT2D eigenvalue weighted by atomic mass is 10.1. The first-order valence-corrected chi connectivity index (χ1v) is 11.0. The second kappa shape index (κ2) is 8.84. The SMILES string of the molecule is CC(C)NC(=O)n1nc(-c2ccc(NC(=O)c3c(Cl)cccc3Cl)cc2O)cc1C1CC1. The molecule has 0 spiro atoms. The van der Waals surface area contributed by atoms with Crippen LogP contribution in [0.2, 0.25) is 10.0 Å². The van der Waals surface area contributed by atoms with Gasteiger partial charge in [-0.1, -0.05) is 29.3 Å². The third kappa shape index (κ3) is 4.59. The van der Waals surface area contributed by atoms with Crippen LogP contribution < -0.4 is 10.6 Å². The zero-order valence-corrected chi connectivity index (χ0v) is 19.0. The Bertz CT molecular complexity index is 1180. The number of benzene rings is 2.